The Labute approximate surface area is 199 Å². The zero-order valence-corrected chi connectivity index (χ0v) is 21.2. The standard InChI is InChI=1S/C24H48O2.C3H8O3/c1-2-3-4-5-6-7-8-9-10-11-12-13-14-15-16-17-18-19-20-21-22-23-24(25)26;4-1-3(6)2-5/h2-23H2,1H3,(H,25,26);3-6H,1-2H2. The van der Waals surface area contributed by atoms with Crippen molar-refractivity contribution in [1.29, 1.82) is 0 Å². The predicted octanol–water partition coefficient (Wildman–Crippen LogP) is 7.01. The predicted molar refractivity (Wildman–Crippen MR) is 135 cm³/mol. The maximum absolute atomic E-state index is 10.4. The number of carboxylic acid groups (broad SMARTS) is 1. The Bertz CT molecular complexity index is 345. The van der Waals surface area contributed by atoms with E-state index >= 15 is 0 Å². The summed E-state index contributed by atoms with van der Waals surface area (Å²) in [5.74, 6) is -0.650. The molecule has 0 radical (unpaired) electrons. The molecule has 194 valence electrons. The van der Waals surface area contributed by atoms with Gasteiger partial charge in [-0.05, 0) is 6.42 Å². The van der Waals surface area contributed by atoms with E-state index in [9.17, 15) is 4.79 Å². The fourth-order valence-corrected chi connectivity index (χ4v) is 3.77. The summed E-state index contributed by atoms with van der Waals surface area (Å²) in [6.45, 7) is 1.56. The minimum atomic E-state index is -0.954. The second kappa shape index (κ2) is 30.4. The topological polar surface area (TPSA) is 98.0 Å². The number of carbonyl (C=O) groups is 1. The molecular weight excluding hydrogens is 404 g/mol. The third kappa shape index (κ3) is 34.0. The number of unbranched alkanes of at least 4 members (excludes halogenated alkanes) is 20. The summed E-state index contributed by atoms with van der Waals surface area (Å²) < 4.78 is 0. The van der Waals surface area contributed by atoms with Gasteiger partial charge in [-0.1, -0.05) is 135 Å². The largest absolute Gasteiger partial charge is 0.481 e. The number of aliphatic hydroxyl groups excluding tert-OH is 3. The molecule has 0 saturated carbocycles. The third-order valence-corrected chi connectivity index (χ3v) is 5.92. The lowest BCUT2D eigenvalue weighted by Gasteiger charge is -2.04. The Balaban J connectivity index is 0. The Morgan fingerprint density at radius 1 is 0.531 bits per heavy atom. The van der Waals surface area contributed by atoms with Crippen molar-refractivity contribution in [2.24, 2.45) is 0 Å². The second-order valence-corrected chi connectivity index (χ2v) is 9.23. The minimum absolute atomic E-state index is 0.346. The molecule has 0 amide bonds. The highest BCUT2D eigenvalue weighted by atomic mass is 16.4. The molecule has 0 aromatic rings. The van der Waals surface area contributed by atoms with Gasteiger partial charge in [-0.3, -0.25) is 4.79 Å². The van der Waals surface area contributed by atoms with E-state index in [4.69, 9.17) is 20.4 Å². The van der Waals surface area contributed by atoms with E-state index in [2.05, 4.69) is 6.92 Å². The van der Waals surface area contributed by atoms with Gasteiger partial charge < -0.3 is 20.4 Å². The van der Waals surface area contributed by atoms with Crippen LogP contribution in [-0.4, -0.2) is 45.7 Å². The molecule has 0 aromatic heterocycles. The van der Waals surface area contributed by atoms with Crippen molar-refractivity contribution in [2.75, 3.05) is 13.2 Å². The monoisotopic (exact) mass is 460 g/mol. The zero-order valence-electron chi connectivity index (χ0n) is 21.2. The average Bonchev–Trinajstić information content (AvgIpc) is 2.79. The fourth-order valence-electron chi connectivity index (χ4n) is 3.77. The maximum atomic E-state index is 10.4. The van der Waals surface area contributed by atoms with E-state index in [1.165, 1.54) is 122 Å². The molecule has 0 aliphatic heterocycles. The van der Waals surface area contributed by atoms with Gasteiger partial charge in [0.25, 0.3) is 0 Å². The molecule has 0 saturated heterocycles. The number of rotatable bonds is 24. The molecule has 0 aliphatic carbocycles. The van der Waals surface area contributed by atoms with Gasteiger partial charge in [0.1, 0.15) is 6.10 Å². The normalized spacial score (nSPS) is 10.9. The van der Waals surface area contributed by atoms with Gasteiger partial charge in [-0.25, -0.2) is 0 Å². The van der Waals surface area contributed by atoms with Crippen LogP contribution >= 0.6 is 0 Å². The summed E-state index contributed by atoms with van der Waals surface area (Å²) in [4.78, 5) is 10.4. The second-order valence-electron chi connectivity index (χ2n) is 9.23. The first kappa shape index (κ1) is 33.5. The van der Waals surface area contributed by atoms with E-state index in [0.717, 1.165) is 12.8 Å². The number of aliphatic carboxylic acids is 1. The van der Waals surface area contributed by atoms with Crippen molar-refractivity contribution >= 4 is 5.97 Å². The van der Waals surface area contributed by atoms with Crippen molar-refractivity contribution in [3.63, 3.8) is 0 Å². The highest BCUT2D eigenvalue weighted by Gasteiger charge is 1.97. The van der Waals surface area contributed by atoms with Crippen LogP contribution in [0, 0.1) is 0 Å². The SMILES string of the molecule is CCCCCCCCCCCCCCCCCCCCCCCC(=O)O.OCC(O)CO. The third-order valence-electron chi connectivity index (χ3n) is 5.92. The van der Waals surface area contributed by atoms with Gasteiger partial charge in [0.15, 0.2) is 0 Å². The van der Waals surface area contributed by atoms with Crippen LogP contribution in [-0.2, 0) is 4.79 Å². The van der Waals surface area contributed by atoms with E-state index in [0.29, 0.717) is 6.42 Å². The first-order valence-corrected chi connectivity index (χ1v) is 13.7. The molecule has 5 heteroatoms. The highest BCUT2D eigenvalue weighted by Crippen LogP contribution is 2.15. The number of hydrogen-bond donors (Lipinski definition) is 4. The van der Waals surface area contributed by atoms with Crippen LogP contribution in [0.3, 0.4) is 0 Å². The summed E-state index contributed by atoms with van der Waals surface area (Å²) >= 11 is 0. The molecule has 5 nitrogen and oxygen atoms in total. The van der Waals surface area contributed by atoms with Crippen LogP contribution in [0.4, 0.5) is 0 Å². The summed E-state index contributed by atoms with van der Waals surface area (Å²) in [6, 6.07) is 0. The molecule has 0 unspecified atom stereocenters. The lowest BCUT2D eigenvalue weighted by Crippen LogP contribution is -2.15. The van der Waals surface area contributed by atoms with Gasteiger partial charge in [-0.2, -0.15) is 0 Å². The Hall–Kier alpha value is -0.650. The average molecular weight is 461 g/mol. The molecule has 0 heterocycles. The van der Waals surface area contributed by atoms with Crippen LogP contribution in [0.1, 0.15) is 148 Å². The van der Waals surface area contributed by atoms with E-state index in [-0.39, 0.29) is 13.2 Å². The summed E-state index contributed by atoms with van der Waals surface area (Å²) in [5.41, 5.74) is 0. The van der Waals surface area contributed by atoms with Gasteiger partial charge in [0, 0.05) is 6.42 Å². The molecule has 0 bridgehead atoms. The fraction of sp³-hybridized carbons (Fsp3) is 0.963. The minimum Gasteiger partial charge on any atom is -0.481 e. The maximum Gasteiger partial charge on any atom is 0.303 e. The van der Waals surface area contributed by atoms with Crippen molar-refractivity contribution in [2.45, 2.75) is 154 Å². The molecule has 0 fully saturated rings. The summed E-state index contributed by atoms with van der Waals surface area (Å²) in [6.07, 6.45) is 28.1. The van der Waals surface area contributed by atoms with E-state index in [1.807, 2.05) is 0 Å². The molecule has 0 aromatic carbocycles. The Kier molecular flexibility index (Phi) is 31.8. The first-order valence-electron chi connectivity index (χ1n) is 13.7. The number of aliphatic hydroxyl groups is 3. The van der Waals surface area contributed by atoms with Crippen LogP contribution < -0.4 is 0 Å². The van der Waals surface area contributed by atoms with Crippen LogP contribution in [0.25, 0.3) is 0 Å². The molecule has 0 atom stereocenters. The molecule has 4 N–H and O–H groups in total. The van der Waals surface area contributed by atoms with Crippen molar-refractivity contribution in [3.8, 4) is 0 Å². The van der Waals surface area contributed by atoms with Crippen molar-refractivity contribution < 1.29 is 25.2 Å². The van der Waals surface area contributed by atoms with Crippen LogP contribution in [0.5, 0.6) is 0 Å². The van der Waals surface area contributed by atoms with Gasteiger partial charge in [-0.15, -0.1) is 0 Å². The number of hydrogen-bond acceptors (Lipinski definition) is 4. The summed E-state index contributed by atoms with van der Waals surface area (Å²) in [7, 11) is 0. The van der Waals surface area contributed by atoms with Gasteiger partial charge in [0.05, 0.1) is 13.2 Å². The Morgan fingerprint density at radius 3 is 0.969 bits per heavy atom. The molecular formula is C27H56O5. The van der Waals surface area contributed by atoms with E-state index in [1.54, 1.807) is 0 Å². The quantitative estimate of drug-likeness (QED) is 0.116. The Morgan fingerprint density at radius 2 is 0.781 bits per heavy atom. The zero-order chi connectivity index (χ0) is 24.1. The van der Waals surface area contributed by atoms with Crippen molar-refractivity contribution in [3.05, 3.63) is 0 Å². The lowest BCUT2D eigenvalue weighted by molar-refractivity contribution is -0.137. The summed E-state index contributed by atoms with van der Waals surface area (Å²) in [5, 5.41) is 32.6. The lowest BCUT2D eigenvalue weighted by atomic mass is 10.0. The number of carboxylic acids is 1. The molecule has 0 rings (SSSR count). The van der Waals surface area contributed by atoms with Gasteiger partial charge >= 0.3 is 5.97 Å². The smallest absolute Gasteiger partial charge is 0.303 e. The molecule has 0 spiro atoms. The van der Waals surface area contributed by atoms with E-state index < -0.39 is 12.1 Å². The van der Waals surface area contributed by atoms with Crippen LogP contribution in [0.2, 0.25) is 0 Å². The highest BCUT2D eigenvalue weighted by molar-refractivity contribution is 5.66. The van der Waals surface area contributed by atoms with Crippen LogP contribution in [0.15, 0.2) is 0 Å². The molecule has 32 heavy (non-hydrogen) atoms. The van der Waals surface area contributed by atoms with Crippen molar-refractivity contribution in [1.82, 2.24) is 0 Å². The van der Waals surface area contributed by atoms with Gasteiger partial charge in [0.2, 0.25) is 0 Å². The molecule has 0 aliphatic rings. The first-order chi connectivity index (χ1) is 15.6.